The largest absolute Gasteiger partial charge is 0.455 e. The van der Waals surface area contributed by atoms with Crippen molar-refractivity contribution in [1.82, 2.24) is 15.0 Å². The Morgan fingerprint density at radius 3 is 2.19 bits per heavy atom. The number of furan rings is 1. The lowest BCUT2D eigenvalue weighted by Crippen LogP contribution is -2.40. The van der Waals surface area contributed by atoms with Crippen molar-refractivity contribution in [2.24, 2.45) is 5.10 Å². The standard InChI is InChI=1S/C22H23ClN8O5/c23-18-13-15(31(32)33)1-3-17(18)19-4-2-16(36-19)14-24-28-20-25-21(29-5-9-34-10-6-29)27-22(26-20)30-7-11-35-12-8-30/h1-4,13-14H,5-12H2,(H,25,26,27,28). The third kappa shape index (κ3) is 5.53. The van der Waals surface area contributed by atoms with E-state index in [1.54, 1.807) is 18.2 Å². The maximum Gasteiger partial charge on any atom is 0.270 e. The van der Waals surface area contributed by atoms with Crippen molar-refractivity contribution < 1.29 is 18.8 Å². The second kappa shape index (κ2) is 10.8. The van der Waals surface area contributed by atoms with Crippen LogP contribution >= 0.6 is 11.6 Å². The monoisotopic (exact) mass is 514 g/mol. The molecule has 4 heterocycles. The minimum absolute atomic E-state index is 0.0912. The third-order valence-corrected chi connectivity index (χ3v) is 5.92. The number of nitrogens with zero attached hydrogens (tertiary/aromatic N) is 7. The van der Waals surface area contributed by atoms with Crippen molar-refractivity contribution >= 4 is 41.3 Å². The summed E-state index contributed by atoms with van der Waals surface area (Å²) in [5.74, 6) is 2.32. The fraction of sp³-hybridized carbons (Fsp3) is 0.364. The number of hydrogen-bond acceptors (Lipinski definition) is 12. The van der Waals surface area contributed by atoms with Crippen LogP contribution in [0.2, 0.25) is 5.02 Å². The molecule has 2 aliphatic heterocycles. The number of non-ortho nitro benzene ring substituents is 1. The summed E-state index contributed by atoms with van der Waals surface area (Å²) in [6.07, 6.45) is 1.48. The van der Waals surface area contributed by atoms with E-state index in [9.17, 15) is 10.1 Å². The van der Waals surface area contributed by atoms with E-state index in [1.807, 2.05) is 0 Å². The van der Waals surface area contributed by atoms with Gasteiger partial charge in [0.15, 0.2) is 0 Å². The second-order valence-corrected chi connectivity index (χ2v) is 8.36. The number of hydrazone groups is 1. The highest BCUT2D eigenvalue weighted by Gasteiger charge is 2.20. The smallest absolute Gasteiger partial charge is 0.270 e. The predicted octanol–water partition coefficient (Wildman–Crippen LogP) is 2.81. The number of rotatable bonds is 7. The zero-order valence-corrected chi connectivity index (χ0v) is 19.9. The van der Waals surface area contributed by atoms with Crippen LogP contribution in [0.25, 0.3) is 11.3 Å². The summed E-state index contributed by atoms with van der Waals surface area (Å²) < 4.78 is 16.7. The molecule has 0 unspecified atom stereocenters. The van der Waals surface area contributed by atoms with E-state index in [1.165, 1.54) is 18.3 Å². The van der Waals surface area contributed by atoms with Gasteiger partial charge >= 0.3 is 0 Å². The topological polar surface area (TPSA) is 144 Å². The van der Waals surface area contributed by atoms with Crippen LogP contribution in [0.1, 0.15) is 5.76 Å². The first-order valence-corrected chi connectivity index (χ1v) is 11.7. The number of aromatic nitrogens is 3. The second-order valence-electron chi connectivity index (χ2n) is 7.95. The molecule has 2 saturated heterocycles. The summed E-state index contributed by atoms with van der Waals surface area (Å²) in [5, 5.41) is 15.4. The summed E-state index contributed by atoms with van der Waals surface area (Å²) >= 11 is 6.20. The first-order valence-electron chi connectivity index (χ1n) is 11.3. The van der Waals surface area contributed by atoms with Gasteiger partial charge in [-0.15, -0.1) is 0 Å². The number of halogens is 1. The number of benzene rings is 1. The Labute approximate surface area is 210 Å². The van der Waals surface area contributed by atoms with Crippen molar-refractivity contribution in [3.8, 4) is 11.3 Å². The van der Waals surface area contributed by atoms with Gasteiger partial charge in [0.1, 0.15) is 11.5 Å². The van der Waals surface area contributed by atoms with Gasteiger partial charge in [0.25, 0.3) is 5.69 Å². The molecule has 0 aliphatic carbocycles. The highest BCUT2D eigenvalue weighted by atomic mass is 35.5. The highest BCUT2D eigenvalue weighted by molar-refractivity contribution is 6.33. The normalized spacial score (nSPS) is 16.5. The molecule has 2 aromatic heterocycles. The molecular weight excluding hydrogens is 492 g/mol. The Kier molecular flexibility index (Phi) is 7.21. The van der Waals surface area contributed by atoms with Crippen LogP contribution in [0.15, 0.2) is 39.9 Å². The Morgan fingerprint density at radius 2 is 1.61 bits per heavy atom. The minimum Gasteiger partial charge on any atom is -0.455 e. The SMILES string of the molecule is O=[N+]([O-])c1ccc(-c2ccc(C=NNc3nc(N4CCOCC4)nc(N4CCOCC4)n3)o2)c(Cl)c1. The molecule has 2 aliphatic rings. The zero-order valence-electron chi connectivity index (χ0n) is 19.2. The van der Waals surface area contributed by atoms with Crippen molar-refractivity contribution in [2.75, 3.05) is 67.8 Å². The Morgan fingerprint density at radius 1 is 0.972 bits per heavy atom. The first kappa shape index (κ1) is 23.9. The van der Waals surface area contributed by atoms with Crippen LogP contribution < -0.4 is 15.2 Å². The van der Waals surface area contributed by atoms with Crippen LogP contribution in [0.3, 0.4) is 0 Å². The fourth-order valence-electron chi connectivity index (χ4n) is 3.75. The van der Waals surface area contributed by atoms with Gasteiger partial charge < -0.3 is 23.7 Å². The van der Waals surface area contributed by atoms with Crippen LogP contribution in [0, 0.1) is 10.1 Å². The molecule has 0 amide bonds. The van der Waals surface area contributed by atoms with E-state index in [0.29, 0.717) is 87.5 Å². The first-order chi connectivity index (χ1) is 17.6. The summed E-state index contributed by atoms with van der Waals surface area (Å²) in [5.41, 5.74) is 3.31. The van der Waals surface area contributed by atoms with Crippen LogP contribution in [-0.4, -0.2) is 78.7 Å². The zero-order chi connectivity index (χ0) is 24.9. The lowest BCUT2D eigenvalue weighted by Gasteiger charge is -2.30. The van der Waals surface area contributed by atoms with E-state index in [4.69, 9.17) is 25.5 Å². The quantitative estimate of drug-likeness (QED) is 0.282. The van der Waals surface area contributed by atoms with E-state index in [2.05, 4.69) is 35.3 Å². The van der Waals surface area contributed by atoms with E-state index >= 15 is 0 Å². The molecule has 0 bridgehead atoms. The molecule has 13 nitrogen and oxygen atoms in total. The number of nitro groups is 1. The van der Waals surface area contributed by atoms with Crippen LogP contribution in [0.4, 0.5) is 23.5 Å². The number of hydrogen-bond donors (Lipinski definition) is 1. The molecule has 1 aromatic carbocycles. The maximum absolute atomic E-state index is 10.9. The van der Waals surface area contributed by atoms with Gasteiger partial charge in [-0.25, -0.2) is 5.43 Å². The van der Waals surface area contributed by atoms with E-state index < -0.39 is 4.92 Å². The molecule has 1 N–H and O–H groups in total. The summed E-state index contributed by atoms with van der Waals surface area (Å²) in [6.45, 7) is 5.20. The Balaban J connectivity index is 1.32. The molecule has 5 rings (SSSR count). The molecule has 2 fully saturated rings. The van der Waals surface area contributed by atoms with Crippen molar-refractivity contribution in [1.29, 1.82) is 0 Å². The van der Waals surface area contributed by atoms with Crippen LogP contribution in [0.5, 0.6) is 0 Å². The van der Waals surface area contributed by atoms with Gasteiger partial charge in [-0.05, 0) is 18.2 Å². The fourth-order valence-corrected chi connectivity index (χ4v) is 4.02. The maximum atomic E-state index is 10.9. The lowest BCUT2D eigenvalue weighted by molar-refractivity contribution is -0.384. The lowest BCUT2D eigenvalue weighted by atomic mass is 10.1. The predicted molar refractivity (Wildman–Crippen MR) is 133 cm³/mol. The molecule has 0 radical (unpaired) electrons. The third-order valence-electron chi connectivity index (χ3n) is 5.61. The Bertz CT molecular complexity index is 1220. The Hall–Kier alpha value is -3.81. The average Bonchev–Trinajstić information content (AvgIpc) is 3.38. The molecule has 0 atom stereocenters. The van der Waals surface area contributed by atoms with Crippen molar-refractivity contribution in [2.45, 2.75) is 0 Å². The summed E-state index contributed by atoms with van der Waals surface area (Å²) in [7, 11) is 0. The minimum atomic E-state index is -0.502. The molecule has 36 heavy (non-hydrogen) atoms. The summed E-state index contributed by atoms with van der Waals surface area (Å²) in [4.78, 5) is 28.3. The van der Waals surface area contributed by atoms with Crippen molar-refractivity contribution in [3.05, 3.63) is 51.2 Å². The van der Waals surface area contributed by atoms with E-state index in [-0.39, 0.29) is 10.7 Å². The van der Waals surface area contributed by atoms with Crippen molar-refractivity contribution in [3.63, 3.8) is 0 Å². The van der Waals surface area contributed by atoms with Gasteiger partial charge in [0.05, 0.1) is 42.6 Å². The highest BCUT2D eigenvalue weighted by Crippen LogP contribution is 2.32. The molecule has 3 aromatic rings. The van der Waals surface area contributed by atoms with Gasteiger partial charge in [0.2, 0.25) is 17.8 Å². The molecule has 0 saturated carbocycles. The molecule has 14 heteroatoms. The van der Waals surface area contributed by atoms with Gasteiger partial charge in [-0.2, -0.15) is 20.1 Å². The van der Waals surface area contributed by atoms with Gasteiger partial charge in [0, 0.05) is 43.9 Å². The number of ether oxygens (including phenoxy) is 2. The summed E-state index contributed by atoms with van der Waals surface area (Å²) in [6, 6.07) is 7.63. The van der Waals surface area contributed by atoms with Gasteiger partial charge in [-0.1, -0.05) is 11.6 Å². The van der Waals surface area contributed by atoms with Gasteiger partial charge in [-0.3, -0.25) is 10.1 Å². The molecular formula is C22H23ClN8O5. The number of anilines is 3. The van der Waals surface area contributed by atoms with Crippen LogP contribution in [-0.2, 0) is 9.47 Å². The number of nitro benzene ring substituents is 1. The average molecular weight is 515 g/mol. The number of nitrogens with one attached hydrogen (secondary N) is 1. The molecule has 0 spiro atoms. The number of morpholine rings is 2. The molecule has 188 valence electrons. The van der Waals surface area contributed by atoms with E-state index in [0.717, 1.165) is 0 Å².